The van der Waals surface area contributed by atoms with Gasteiger partial charge in [-0.15, -0.1) is 0 Å². The topological polar surface area (TPSA) is 76.0 Å². The third-order valence-electron chi connectivity index (χ3n) is 3.71. The molecule has 0 aliphatic carbocycles. The lowest BCUT2D eigenvalue weighted by atomic mass is 10.1. The zero-order valence-electron chi connectivity index (χ0n) is 13.6. The van der Waals surface area contributed by atoms with Crippen LogP contribution in [-0.2, 0) is 18.9 Å². The third-order valence-corrected chi connectivity index (χ3v) is 4.68. The number of nitrogens with one attached hydrogen (secondary N) is 2. The first kappa shape index (κ1) is 20.0. The number of hydrogen-bond acceptors (Lipinski definition) is 5. The molecule has 2 aromatic rings. The van der Waals surface area contributed by atoms with Gasteiger partial charge in [-0.25, -0.2) is 4.98 Å². The number of rotatable bonds is 3. The van der Waals surface area contributed by atoms with E-state index in [4.69, 9.17) is 0 Å². The number of nitrogens with zero attached hydrogens (tertiary/aromatic N) is 2. The highest BCUT2D eigenvalue weighted by Crippen LogP contribution is 2.37. The molecule has 1 aliphatic heterocycles. The van der Waals surface area contributed by atoms with E-state index in [1.54, 1.807) is 0 Å². The Morgan fingerprint density at radius 3 is 2.25 bits per heavy atom. The van der Waals surface area contributed by atoms with Gasteiger partial charge in [-0.3, -0.25) is 25.0 Å². The van der Waals surface area contributed by atoms with Gasteiger partial charge in [-0.05, 0) is 18.2 Å². The molecule has 0 fully saturated rings. The fourth-order valence-corrected chi connectivity index (χ4v) is 3.31. The van der Waals surface area contributed by atoms with Crippen molar-refractivity contribution in [2.45, 2.75) is 24.1 Å². The summed E-state index contributed by atoms with van der Waals surface area (Å²) >= 11 is 1.31. The van der Waals surface area contributed by atoms with Crippen molar-refractivity contribution in [2.75, 3.05) is 11.2 Å². The van der Waals surface area contributed by atoms with E-state index in [9.17, 15) is 35.9 Å². The molecule has 1 amide bonds. The van der Waals surface area contributed by atoms with Gasteiger partial charge in [-0.2, -0.15) is 26.3 Å². The molecule has 28 heavy (non-hydrogen) atoms. The first-order valence-corrected chi connectivity index (χ1v) is 8.54. The molecule has 1 aromatic carbocycles. The Morgan fingerprint density at radius 1 is 1.07 bits per heavy atom. The molecular formula is C15H10F6N4O2S. The molecule has 2 N–H and O–H groups in total. The molecule has 13 heteroatoms. The number of carbonyl (C=O) groups excluding carboxylic acids is 1. The molecule has 0 spiro atoms. The molecule has 150 valence electrons. The van der Waals surface area contributed by atoms with Gasteiger partial charge >= 0.3 is 12.4 Å². The van der Waals surface area contributed by atoms with E-state index in [1.807, 2.05) is 10.9 Å². The minimum atomic E-state index is -5.03. The summed E-state index contributed by atoms with van der Waals surface area (Å²) in [5.74, 6) is -0.452. The van der Waals surface area contributed by atoms with Crippen LogP contribution < -0.4 is 16.4 Å². The third kappa shape index (κ3) is 4.08. The van der Waals surface area contributed by atoms with Crippen molar-refractivity contribution in [3.8, 4) is 0 Å². The van der Waals surface area contributed by atoms with Gasteiger partial charge in [-0.1, -0.05) is 11.8 Å². The van der Waals surface area contributed by atoms with Crippen molar-refractivity contribution >= 4 is 23.4 Å². The molecule has 0 saturated carbocycles. The Morgan fingerprint density at radius 2 is 1.68 bits per heavy atom. The summed E-state index contributed by atoms with van der Waals surface area (Å²) in [5, 5.41) is 0.419. The first-order chi connectivity index (χ1) is 13.0. The number of benzene rings is 1. The van der Waals surface area contributed by atoms with Crippen LogP contribution in [0.3, 0.4) is 0 Å². The molecule has 0 atom stereocenters. The number of alkyl halides is 6. The molecule has 1 aliphatic rings. The number of hydrogen-bond donors (Lipinski definition) is 2. The minimum absolute atomic E-state index is 0.0402. The lowest BCUT2D eigenvalue weighted by molar-refractivity contribution is -0.143. The maximum absolute atomic E-state index is 12.8. The van der Waals surface area contributed by atoms with Crippen LogP contribution >= 0.6 is 11.8 Å². The zero-order valence-corrected chi connectivity index (χ0v) is 14.4. The first-order valence-electron chi connectivity index (χ1n) is 7.55. The largest absolute Gasteiger partial charge is 0.416 e. The van der Waals surface area contributed by atoms with Gasteiger partial charge < -0.3 is 0 Å². The van der Waals surface area contributed by atoms with Gasteiger partial charge in [0.1, 0.15) is 5.56 Å². The fourth-order valence-electron chi connectivity index (χ4n) is 2.40. The fraction of sp³-hybridized carbons (Fsp3) is 0.267. The second-order valence-electron chi connectivity index (χ2n) is 5.63. The Labute approximate surface area is 156 Å². The van der Waals surface area contributed by atoms with E-state index in [1.165, 1.54) is 16.3 Å². The van der Waals surface area contributed by atoms with E-state index in [-0.39, 0.29) is 6.07 Å². The van der Waals surface area contributed by atoms with Gasteiger partial charge in [0.2, 0.25) is 0 Å². The van der Waals surface area contributed by atoms with Crippen molar-refractivity contribution in [3.05, 3.63) is 51.4 Å². The highest BCUT2D eigenvalue weighted by atomic mass is 32.2. The Hall–Kier alpha value is -2.70. The minimum Gasteiger partial charge on any atom is -0.298 e. The molecule has 0 bridgehead atoms. The standard InChI is InChI=1S/C15H10F6N4O2S/c16-14(17,18)7-3-8(15(19,20)21)5-9(4-7)23-24-11(26)10-6-22-13-25(12(10)27)1-2-28-13/h3-6,23H,1-2H2,(H,24,26). The molecule has 6 nitrogen and oxygen atoms in total. The molecule has 2 heterocycles. The van der Waals surface area contributed by atoms with Crippen LogP contribution in [0.1, 0.15) is 21.5 Å². The van der Waals surface area contributed by atoms with Gasteiger partial charge in [0.25, 0.3) is 11.5 Å². The van der Waals surface area contributed by atoms with Crippen molar-refractivity contribution < 1.29 is 31.1 Å². The monoisotopic (exact) mass is 424 g/mol. The van der Waals surface area contributed by atoms with Crippen molar-refractivity contribution in [1.82, 2.24) is 15.0 Å². The Kier molecular flexibility index (Phi) is 5.04. The molecule has 0 radical (unpaired) electrons. The van der Waals surface area contributed by atoms with Crippen LogP contribution in [0.5, 0.6) is 0 Å². The predicted molar refractivity (Wildman–Crippen MR) is 86.8 cm³/mol. The van der Waals surface area contributed by atoms with E-state index >= 15 is 0 Å². The molecule has 1 aromatic heterocycles. The number of thioether (sulfide) groups is 1. The number of fused-ring (bicyclic) bond motifs is 1. The average Bonchev–Trinajstić information content (AvgIpc) is 3.08. The normalized spacial score (nSPS) is 13.9. The van der Waals surface area contributed by atoms with Crippen LogP contribution in [-0.4, -0.2) is 21.2 Å². The molecular weight excluding hydrogens is 414 g/mol. The number of amides is 1. The maximum Gasteiger partial charge on any atom is 0.416 e. The van der Waals surface area contributed by atoms with Crippen LogP contribution in [0, 0.1) is 0 Å². The second kappa shape index (κ2) is 7.04. The van der Waals surface area contributed by atoms with Crippen molar-refractivity contribution in [3.63, 3.8) is 0 Å². The summed E-state index contributed by atoms with van der Waals surface area (Å²) in [6.45, 7) is 0.336. The van der Waals surface area contributed by atoms with Gasteiger partial charge in [0.05, 0.1) is 16.8 Å². The zero-order chi connectivity index (χ0) is 20.7. The second-order valence-corrected chi connectivity index (χ2v) is 6.70. The van der Waals surface area contributed by atoms with Gasteiger partial charge in [0, 0.05) is 18.5 Å². The average molecular weight is 424 g/mol. The lowest BCUT2D eigenvalue weighted by Crippen LogP contribution is -2.36. The van der Waals surface area contributed by atoms with E-state index in [0.717, 1.165) is 6.20 Å². The highest BCUT2D eigenvalue weighted by molar-refractivity contribution is 7.99. The number of halogens is 6. The van der Waals surface area contributed by atoms with Crippen LogP contribution in [0.2, 0.25) is 0 Å². The van der Waals surface area contributed by atoms with Crippen molar-refractivity contribution in [2.24, 2.45) is 0 Å². The Balaban J connectivity index is 1.84. The number of anilines is 1. The Bertz CT molecular complexity index is 954. The SMILES string of the molecule is O=C(NNc1cc(C(F)(F)F)cc(C(F)(F)F)c1)c1cnc2n(c1=O)CCS2. The van der Waals surface area contributed by atoms with Crippen molar-refractivity contribution in [1.29, 1.82) is 0 Å². The number of carbonyl (C=O) groups is 1. The van der Waals surface area contributed by atoms with Gasteiger partial charge in [0.15, 0.2) is 5.16 Å². The molecule has 0 unspecified atom stereocenters. The highest BCUT2D eigenvalue weighted by Gasteiger charge is 2.37. The van der Waals surface area contributed by atoms with E-state index < -0.39 is 46.2 Å². The summed E-state index contributed by atoms with van der Waals surface area (Å²) in [4.78, 5) is 28.3. The summed E-state index contributed by atoms with van der Waals surface area (Å²) in [7, 11) is 0. The number of aromatic nitrogens is 2. The van der Waals surface area contributed by atoms with E-state index in [0.29, 0.717) is 29.6 Å². The summed E-state index contributed by atoms with van der Waals surface area (Å²) in [6.07, 6.45) is -9.05. The molecule has 3 rings (SSSR count). The maximum atomic E-state index is 12.8. The predicted octanol–water partition coefficient (Wildman–Crippen LogP) is 3.14. The van der Waals surface area contributed by atoms with Crippen LogP contribution in [0.25, 0.3) is 0 Å². The number of hydrazine groups is 1. The molecule has 0 saturated heterocycles. The summed E-state index contributed by atoms with van der Waals surface area (Å²) in [6, 6.07) is 0.765. The smallest absolute Gasteiger partial charge is 0.298 e. The summed E-state index contributed by atoms with van der Waals surface area (Å²) < 4.78 is 78.3. The van der Waals surface area contributed by atoms with E-state index in [2.05, 4.69) is 4.98 Å². The summed E-state index contributed by atoms with van der Waals surface area (Å²) in [5.41, 5.74) is -0.901. The van der Waals surface area contributed by atoms with Crippen LogP contribution in [0.15, 0.2) is 34.3 Å². The van der Waals surface area contributed by atoms with Crippen LogP contribution in [0.4, 0.5) is 32.0 Å². The lowest BCUT2D eigenvalue weighted by Gasteiger charge is -2.15. The quantitative estimate of drug-likeness (QED) is 0.450.